The molecule has 1 aliphatic heterocycles. The summed E-state index contributed by atoms with van der Waals surface area (Å²) < 4.78 is 1.99. The van der Waals surface area contributed by atoms with Crippen molar-refractivity contribution in [2.45, 2.75) is 26.5 Å². The molecule has 0 unspecified atom stereocenters. The molecule has 3 heterocycles. The number of piperazine rings is 1. The molecule has 19 heavy (non-hydrogen) atoms. The van der Waals surface area contributed by atoms with Gasteiger partial charge in [-0.15, -0.1) is 11.3 Å². The predicted molar refractivity (Wildman–Crippen MR) is 77.9 cm³/mol. The molecule has 1 fully saturated rings. The lowest BCUT2D eigenvalue weighted by atomic mass is 10.2. The van der Waals surface area contributed by atoms with Crippen molar-refractivity contribution in [3.8, 4) is 0 Å². The Morgan fingerprint density at radius 2 is 2.05 bits per heavy atom. The van der Waals surface area contributed by atoms with Crippen molar-refractivity contribution < 1.29 is 5.11 Å². The van der Waals surface area contributed by atoms with Crippen molar-refractivity contribution >= 4 is 22.1 Å². The Labute approximate surface area is 117 Å². The van der Waals surface area contributed by atoms with Gasteiger partial charge in [0.2, 0.25) is 0 Å². The summed E-state index contributed by atoms with van der Waals surface area (Å²) in [5.41, 5.74) is 0.911. The highest BCUT2D eigenvalue weighted by Gasteiger charge is 2.23. The van der Waals surface area contributed by atoms with Crippen molar-refractivity contribution in [2.75, 3.05) is 31.1 Å². The lowest BCUT2D eigenvalue weighted by Gasteiger charge is -2.37. The molecule has 0 atom stereocenters. The largest absolute Gasteiger partial charge is 0.390 e. The average molecular weight is 280 g/mol. The zero-order valence-electron chi connectivity index (χ0n) is 11.4. The van der Waals surface area contributed by atoms with Crippen molar-refractivity contribution in [2.24, 2.45) is 0 Å². The van der Waals surface area contributed by atoms with Crippen LogP contribution in [0.25, 0.3) is 4.96 Å². The van der Waals surface area contributed by atoms with Gasteiger partial charge >= 0.3 is 0 Å². The standard InChI is InChI=1S/C13H20N4OS/c1-10(2)15-3-5-16(6-4-15)12-11(9-18)17-7-8-19-13(17)14-12/h7-8,10,18H,3-6,9H2,1-2H3. The van der Waals surface area contributed by atoms with Gasteiger partial charge < -0.3 is 10.0 Å². The zero-order valence-corrected chi connectivity index (χ0v) is 12.2. The number of imidazole rings is 1. The molecular formula is C13H20N4OS. The lowest BCUT2D eigenvalue weighted by molar-refractivity contribution is 0.208. The molecule has 6 heteroatoms. The van der Waals surface area contributed by atoms with E-state index in [1.807, 2.05) is 16.0 Å². The first kappa shape index (κ1) is 12.9. The summed E-state index contributed by atoms with van der Waals surface area (Å²) in [6.45, 7) is 8.61. The third kappa shape index (κ3) is 2.24. The Kier molecular flexibility index (Phi) is 3.47. The fourth-order valence-corrected chi connectivity index (χ4v) is 3.40. The second kappa shape index (κ2) is 5.11. The van der Waals surface area contributed by atoms with Gasteiger partial charge in [0.15, 0.2) is 10.8 Å². The van der Waals surface area contributed by atoms with Gasteiger partial charge in [-0.2, -0.15) is 0 Å². The summed E-state index contributed by atoms with van der Waals surface area (Å²) in [7, 11) is 0. The van der Waals surface area contributed by atoms with E-state index >= 15 is 0 Å². The fraction of sp³-hybridized carbons (Fsp3) is 0.615. The number of aliphatic hydroxyl groups is 1. The number of hydrogen-bond acceptors (Lipinski definition) is 5. The minimum absolute atomic E-state index is 0.0393. The Balaban J connectivity index is 1.83. The number of rotatable bonds is 3. The summed E-state index contributed by atoms with van der Waals surface area (Å²) in [6, 6.07) is 0.602. The van der Waals surface area contributed by atoms with Crippen LogP contribution in [0.5, 0.6) is 0 Å². The monoisotopic (exact) mass is 280 g/mol. The summed E-state index contributed by atoms with van der Waals surface area (Å²) in [5.74, 6) is 0.956. The van der Waals surface area contributed by atoms with Gasteiger partial charge in [0.1, 0.15) is 0 Å². The van der Waals surface area contributed by atoms with Crippen molar-refractivity contribution in [1.29, 1.82) is 0 Å². The van der Waals surface area contributed by atoms with E-state index in [4.69, 9.17) is 0 Å². The van der Waals surface area contributed by atoms with E-state index in [9.17, 15) is 5.11 Å². The van der Waals surface area contributed by atoms with Gasteiger partial charge in [-0.05, 0) is 13.8 Å². The number of fused-ring (bicyclic) bond motifs is 1. The van der Waals surface area contributed by atoms with Crippen molar-refractivity contribution in [1.82, 2.24) is 14.3 Å². The van der Waals surface area contributed by atoms with Crippen LogP contribution in [0.15, 0.2) is 11.6 Å². The van der Waals surface area contributed by atoms with Crippen LogP contribution in [0.1, 0.15) is 19.5 Å². The maximum Gasteiger partial charge on any atom is 0.195 e. The molecule has 0 spiro atoms. The van der Waals surface area contributed by atoms with Gasteiger partial charge in [-0.3, -0.25) is 9.30 Å². The minimum atomic E-state index is 0.0393. The van der Waals surface area contributed by atoms with Crippen LogP contribution >= 0.6 is 11.3 Å². The van der Waals surface area contributed by atoms with Gasteiger partial charge in [-0.25, -0.2) is 4.98 Å². The van der Waals surface area contributed by atoms with Crippen LogP contribution in [0.3, 0.4) is 0 Å². The average Bonchev–Trinajstić information content (AvgIpc) is 2.98. The van der Waals surface area contributed by atoms with Crippen LogP contribution in [-0.4, -0.2) is 51.6 Å². The van der Waals surface area contributed by atoms with E-state index < -0.39 is 0 Å². The number of aliphatic hydroxyl groups excluding tert-OH is 1. The maximum atomic E-state index is 9.60. The third-order valence-corrected chi connectivity index (χ3v) is 4.59. The molecule has 104 valence electrons. The van der Waals surface area contributed by atoms with E-state index in [2.05, 4.69) is 28.6 Å². The Morgan fingerprint density at radius 1 is 1.32 bits per heavy atom. The molecule has 0 amide bonds. The highest BCUT2D eigenvalue weighted by atomic mass is 32.1. The molecule has 5 nitrogen and oxygen atoms in total. The number of nitrogens with zero attached hydrogens (tertiary/aromatic N) is 4. The van der Waals surface area contributed by atoms with Gasteiger partial charge in [0, 0.05) is 43.8 Å². The van der Waals surface area contributed by atoms with Crippen LogP contribution in [0.2, 0.25) is 0 Å². The van der Waals surface area contributed by atoms with Crippen LogP contribution < -0.4 is 4.90 Å². The van der Waals surface area contributed by atoms with Crippen LogP contribution in [0.4, 0.5) is 5.82 Å². The third-order valence-electron chi connectivity index (χ3n) is 3.83. The summed E-state index contributed by atoms with van der Waals surface area (Å²) in [6.07, 6.45) is 1.98. The molecule has 1 saturated heterocycles. The quantitative estimate of drug-likeness (QED) is 0.923. The zero-order chi connectivity index (χ0) is 13.4. The molecular weight excluding hydrogens is 260 g/mol. The first-order chi connectivity index (χ1) is 9.20. The number of anilines is 1. The summed E-state index contributed by atoms with van der Waals surface area (Å²) in [5, 5.41) is 11.6. The second-order valence-corrected chi connectivity index (χ2v) is 6.09. The van der Waals surface area contributed by atoms with Gasteiger partial charge in [0.25, 0.3) is 0 Å². The first-order valence-electron chi connectivity index (χ1n) is 6.75. The SMILES string of the molecule is CC(C)N1CCN(c2nc3sccn3c2CO)CC1. The Hall–Kier alpha value is -1.11. The smallest absolute Gasteiger partial charge is 0.195 e. The normalized spacial score (nSPS) is 17.8. The molecule has 0 saturated carbocycles. The minimum Gasteiger partial charge on any atom is -0.390 e. The fourth-order valence-electron chi connectivity index (χ4n) is 2.67. The second-order valence-electron chi connectivity index (χ2n) is 5.21. The number of aromatic nitrogens is 2. The molecule has 0 aromatic carbocycles. The van der Waals surface area contributed by atoms with E-state index in [-0.39, 0.29) is 6.61 Å². The van der Waals surface area contributed by atoms with Gasteiger partial charge in [-0.1, -0.05) is 0 Å². The topological polar surface area (TPSA) is 44.0 Å². The van der Waals surface area contributed by atoms with Crippen LogP contribution in [0, 0.1) is 0 Å². The summed E-state index contributed by atoms with van der Waals surface area (Å²) >= 11 is 1.61. The predicted octanol–water partition coefficient (Wildman–Crippen LogP) is 1.42. The Bertz CT molecular complexity index is 554. The molecule has 1 N–H and O–H groups in total. The molecule has 2 aromatic rings. The van der Waals surface area contributed by atoms with Crippen molar-refractivity contribution in [3.63, 3.8) is 0 Å². The maximum absolute atomic E-state index is 9.60. The Morgan fingerprint density at radius 3 is 2.68 bits per heavy atom. The molecule has 0 radical (unpaired) electrons. The molecule has 0 aliphatic carbocycles. The molecule has 3 rings (SSSR count). The van der Waals surface area contributed by atoms with E-state index in [0.717, 1.165) is 42.7 Å². The van der Waals surface area contributed by atoms with Gasteiger partial charge in [0.05, 0.1) is 12.3 Å². The summed E-state index contributed by atoms with van der Waals surface area (Å²) in [4.78, 5) is 10.4. The number of hydrogen-bond donors (Lipinski definition) is 1. The first-order valence-corrected chi connectivity index (χ1v) is 7.63. The lowest BCUT2D eigenvalue weighted by Crippen LogP contribution is -2.49. The number of thiazole rings is 1. The molecule has 1 aliphatic rings. The molecule has 2 aromatic heterocycles. The highest BCUT2D eigenvalue weighted by molar-refractivity contribution is 7.15. The van der Waals surface area contributed by atoms with Crippen LogP contribution in [-0.2, 0) is 6.61 Å². The van der Waals surface area contributed by atoms with E-state index in [1.54, 1.807) is 11.3 Å². The van der Waals surface area contributed by atoms with Crippen molar-refractivity contribution in [3.05, 3.63) is 17.3 Å². The van der Waals surface area contributed by atoms with E-state index in [0.29, 0.717) is 6.04 Å². The molecule has 0 bridgehead atoms. The highest BCUT2D eigenvalue weighted by Crippen LogP contribution is 2.25. The van der Waals surface area contributed by atoms with E-state index in [1.165, 1.54) is 0 Å².